The summed E-state index contributed by atoms with van der Waals surface area (Å²) in [7, 11) is 0. The van der Waals surface area contributed by atoms with Crippen molar-refractivity contribution in [2.45, 2.75) is 46.6 Å². The third kappa shape index (κ3) is 3.67. The second-order valence-electron chi connectivity index (χ2n) is 11.0. The number of fused-ring (bicyclic) bond motifs is 4. The van der Waals surface area contributed by atoms with E-state index in [0.717, 1.165) is 50.7 Å². The monoisotopic (exact) mass is 492 g/mol. The Morgan fingerprint density at radius 2 is 1.76 bits per heavy atom. The summed E-state index contributed by atoms with van der Waals surface area (Å²) in [5.41, 5.74) is 6.17. The molecule has 6 nitrogen and oxygen atoms in total. The SMILES string of the molecule is Cc1c(-c2ccc([C@H]3Nc4ccc5ccccc5c4C4=C3C(=O)CC(C)(C)C4)o2)ccc([N+](=O)[O-])c1C. The van der Waals surface area contributed by atoms with E-state index in [1.54, 1.807) is 13.0 Å². The topological polar surface area (TPSA) is 85.4 Å². The van der Waals surface area contributed by atoms with Gasteiger partial charge in [-0.05, 0) is 71.9 Å². The van der Waals surface area contributed by atoms with Gasteiger partial charge in [0, 0.05) is 40.4 Å². The van der Waals surface area contributed by atoms with Crippen molar-refractivity contribution in [1.82, 2.24) is 0 Å². The van der Waals surface area contributed by atoms with Gasteiger partial charge in [-0.15, -0.1) is 0 Å². The highest BCUT2D eigenvalue weighted by Crippen LogP contribution is 2.52. The summed E-state index contributed by atoms with van der Waals surface area (Å²) >= 11 is 0. The van der Waals surface area contributed by atoms with E-state index in [1.165, 1.54) is 6.07 Å². The summed E-state index contributed by atoms with van der Waals surface area (Å²) in [6, 6.07) is 19.1. The zero-order chi connectivity index (χ0) is 26.1. The van der Waals surface area contributed by atoms with Crippen LogP contribution in [0.5, 0.6) is 0 Å². The third-order valence-corrected chi connectivity index (χ3v) is 7.87. The molecule has 2 heterocycles. The van der Waals surface area contributed by atoms with Crippen molar-refractivity contribution in [1.29, 1.82) is 0 Å². The van der Waals surface area contributed by atoms with E-state index in [-0.39, 0.29) is 21.8 Å². The number of ketones is 1. The Morgan fingerprint density at radius 1 is 0.973 bits per heavy atom. The second-order valence-corrected chi connectivity index (χ2v) is 11.0. The predicted molar refractivity (Wildman–Crippen MR) is 146 cm³/mol. The first kappa shape index (κ1) is 23.2. The number of benzene rings is 3. The maximum atomic E-state index is 13.6. The van der Waals surface area contributed by atoms with Gasteiger partial charge in [-0.3, -0.25) is 14.9 Å². The maximum absolute atomic E-state index is 13.6. The van der Waals surface area contributed by atoms with E-state index in [4.69, 9.17) is 4.42 Å². The molecular weight excluding hydrogens is 464 g/mol. The molecule has 2 aliphatic rings. The van der Waals surface area contributed by atoms with Crippen LogP contribution in [0.1, 0.15) is 55.2 Å². The van der Waals surface area contributed by atoms with Crippen molar-refractivity contribution in [3.63, 3.8) is 0 Å². The van der Waals surface area contributed by atoms with E-state index in [9.17, 15) is 14.9 Å². The van der Waals surface area contributed by atoms with Crippen LogP contribution in [0.15, 0.2) is 70.7 Å². The molecule has 1 aliphatic carbocycles. The lowest BCUT2D eigenvalue weighted by Crippen LogP contribution is -2.33. The molecule has 1 N–H and O–H groups in total. The van der Waals surface area contributed by atoms with Crippen molar-refractivity contribution in [2.75, 3.05) is 5.32 Å². The molecule has 0 bridgehead atoms. The van der Waals surface area contributed by atoms with Gasteiger partial charge in [-0.25, -0.2) is 0 Å². The normalized spacial score (nSPS) is 18.4. The molecule has 186 valence electrons. The summed E-state index contributed by atoms with van der Waals surface area (Å²) in [5, 5.41) is 17.3. The zero-order valence-corrected chi connectivity index (χ0v) is 21.3. The van der Waals surface area contributed by atoms with E-state index in [1.807, 2.05) is 31.2 Å². The smallest absolute Gasteiger partial charge is 0.272 e. The minimum absolute atomic E-state index is 0.0935. The molecule has 0 saturated carbocycles. The van der Waals surface area contributed by atoms with Gasteiger partial charge < -0.3 is 9.73 Å². The molecule has 0 unspecified atom stereocenters. The van der Waals surface area contributed by atoms with Gasteiger partial charge in [-0.1, -0.05) is 44.2 Å². The molecule has 6 heteroatoms. The number of rotatable bonds is 3. The second kappa shape index (κ2) is 8.17. The van der Waals surface area contributed by atoms with Gasteiger partial charge in [0.15, 0.2) is 5.78 Å². The Balaban J connectivity index is 1.50. The first-order valence-electron chi connectivity index (χ1n) is 12.5. The van der Waals surface area contributed by atoms with E-state index in [0.29, 0.717) is 23.5 Å². The molecule has 1 atom stereocenters. The molecule has 0 radical (unpaired) electrons. The summed E-state index contributed by atoms with van der Waals surface area (Å²) in [6.07, 6.45) is 1.29. The molecule has 1 aliphatic heterocycles. The number of hydrogen-bond acceptors (Lipinski definition) is 5. The summed E-state index contributed by atoms with van der Waals surface area (Å²) in [5.74, 6) is 1.43. The third-order valence-electron chi connectivity index (χ3n) is 7.87. The van der Waals surface area contributed by atoms with Gasteiger partial charge in [0.1, 0.15) is 17.6 Å². The number of carbonyl (C=O) groups excluding carboxylic acids is 1. The van der Waals surface area contributed by atoms with E-state index >= 15 is 0 Å². The van der Waals surface area contributed by atoms with Crippen molar-refractivity contribution >= 4 is 33.5 Å². The van der Waals surface area contributed by atoms with Crippen molar-refractivity contribution in [3.05, 3.63) is 98.8 Å². The number of anilines is 1. The lowest BCUT2D eigenvalue weighted by atomic mass is 9.68. The van der Waals surface area contributed by atoms with Gasteiger partial charge in [0.05, 0.1) is 4.92 Å². The molecule has 1 aromatic heterocycles. The van der Waals surface area contributed by atoms with Crippen LogP contribution in [-0.2, 0) is 4.79 Å². The van der Waals surface area contributed by atoms with Crippen LogP contribution in [0.2, 0.25) is 0 Å². The molecule has 37 heavy (non-hydrogen) atoms. The Morgan fingerprint density at radius 3 is 2.54 bits per heavy atom. The highest BCUT2D eigenvalue weighted by Gasteiger charge is 2.41. The standard InChI is InChI=1S/C31H28N2O4/c1-17-18(2)24(33(35)36)12-10-20(17)26-13-14-27(37-26)30-29-22(15-31(3,4)16-25(29)34)28-21-8-6-5-7-19(21)9-11-23(28)32-30/h5-14,30,32H,15-16H2,1-4H3/t30-/m1/s1. The fourth-order valence-electron chi connectivity index (χ4n) is 5.97. The van der Waals surface area contributed by atoms with Crippen LogP contribution in [0.4, 0.5) is 11.4 Å². The summed E-state index contributed by atoms with van der Waals surface area (Å²) < 4.78 is 6.38. The molecule has 0 fully saturated rings. The van der Waals surface area contributed by atoms with Crippen LogP contribution in [-0.4, -0.2) is 10.7 Å². The highest BCUT2D eigenvalue weighted by molar-refractivity contribution is 6.12. The number of allylic oxidation sites excluding steroid dienone is 1. The van der Waals surface area contributed by atoms with Crippen LogP contribution in [0.3, 0.4) is 0 Å². The Bertz CT molecular complexity index is 1660. The Labute approximate surface area is 215 Å². The Kier molecular flexibility index (Phi) is 5.13. The molecule has 0 spiro atoms. The Hall–Kier alpha value is -4.19. The first-order valence-corrected chi connectivity index (χ1v) is 12.5. The molecule has 0 saturated heterocycles. The summed E-state index contributed by atoms with van der Waals surface area (Å²) in [6.45, 7) is 7.93. The molecule has 6 rings (SSSR count). The number of Topliss-reactive ketones (excluding diaryl/α,β-unsaturated/α-hetero) is 1. The van der Waals surface area contributed by atoms with Crippen LogP contribution < -0.4 is 5.32 Å². The molecule has 4 aromatic rings. The number of nitrogens with zero attached hydrogens (tertiary/aromatic N) is 1. The van der Waals surface area contributed by atoms with Crippen LogP contribution >= 0.6 is 0 Å². The van der Waals surface area contributed by atoms with Gasteiger partial charge in [0.25, 0.3) is 5.69 Å². The fourth-order valence-corrected chi connectivity index (χ4v) is 5.97. The number of carbonyl (C=O) groups is 1. The minimum atomic E-state index is -0.402. The van der Waals surface area contributed by atoms with Crippen molar-refractivity contribution < 1.29 is 14.1 Å². The lowest BCUT2D eigenvalue weighted by molar-refractivity contribution is -0.385. The van der Waals surface area contributed by atoms with Gasteiger partial charge in [-0.2, -0.15) is 0 Å². The highest BCUT2D eigenvalue weighted by atomic mass is 16.6. The predicted octanol–water partition coefficient (Wildman–Crippen LogP) is 7.93. The van der Waals surface area contributed by atoms with E-state index in [2.05, 4.69) is 43.4 Å². The largest absolute Gasteiger partial charge is 0.459 e. The number of hydrogen-bond donors (Lipinski definition) is 1. The van der Waals surface area contributed by atoms with Crippen molar-refractivity contribution in [2.24, 2.45) is 5.41 Å². The van der Waals surface area contributed by atoms with Gasteiger partial charge >= 0.3 is 0 Å². The number of nitro groups is 1. The van der Waals surface area contributed by atoms with Crippen LogP contribution in [0.25, 0.3) is 27.7 Å². The van der Waals surface area contributed by atoms with E-state index < -0.39 is 6.04 Å². The number of nitro benzene ring substituents is 1. The number of nitrogens with one attached hydrogen (secondary N) is 1. The molecular formula is C31H28N2O4. The van der Waals surface area contributed by atoms with Crippen molar-refractivity contribution in [3.8, 4) is 11.3 Å². The average Bonchev–Trinajstić information content (AvgIpc) is 3.33. The zero-order valence-electron chi connectivity index (χ0n) is 21.3. The maximum Gasteiger partial charge on any atom is 0.272 e. The van der Waals surface area contributed by atoms with Crippen LogP contribution in [0, 0.1) is 29.4 Å². The van der Waals surface area contributed by atoms with Gasteiger partial charge in [0.2, 0.25) is 0 Å². The quantitative estimate of drug-likeness (QED) is 0.232. The molecule has 0 amide bonds. The fraction of sp³-hybridized carbons (Fsp3) is 0.258. The minimum Gasteiger partial charge on any atom is -0.459 e. The number of furan rings is 1. The first-order chi connectivity index (χ1) is 17.6. The lowest BCUT2D eigenvalue weighted by Gasteiger charge is -2.39. The molecule has 3 aromatic carbocycles. The average molecular weight is 493 g/mol. The summed E-state index contributed by atoms with van der Waals surface area (Å²) in [4.78, 5) is 24.6.